The lowest BCUT2D eigenvalue weighted by molar-refractivity contribution is -0.894. The van der Waals surface area contributed by atoms with E-state index in [9.17, 15) is 14.4 Å². The third-order valence-electron chi connectivity index (χ3n) is 8.18. The van der Waals surface area contributed by atoms with Crippen LogP contribution in [-0.2, 0) is 33.7 Å². The molecule has 1 aliphatic heterocycles. The number of esters is 1. The number of hydrogen-bond acceptors (Lipinski definition) is 6. The van der Waals surface area contributed by atoms with Crippen molar-refractivity contribution in [2.75, 3.05) is 40.3 Å². The van der Waals surface area contributed by atoms with Crippen LogP contribution < -0.4 is 5.32 Å². The number of quaternary nitrogens is 1. The Bertz CT molecular complexity index is 1440. The predicted octanol–water partition coefficient (Wildman–Crippen LogP) is 4.48. The Morgan fingerprint density at radius 1 is 1.00 bits per heavy atom. The summed E-state index contributed by atoms with van der Waals surface area (Å²) in [6.07, 6.45) is 1.01. The second-order valence-corrected chi connectivity index (χ2v) is 14.2. The van der Waals surface area contributed by atoms with Crippen molar-refractivity contribution >= 4 is 29.1 Å². The molecule has 0 spiro atoms. The number of thiazole rings is 1. The molecule has 0 saturated carbocycles. The van der Waals surface area contributed by atoms with E-state index >= 15 is 0 Å². The third-order valence-corrected chi connectivity index (χ3v) is 9.03. The molecule has 222 valence electrons. The molecule has 2 heterocycles. The van der Waals surface area contributed by atoms with E-state index < -0.39 is 11.0 Å². The number of likely N-dealkylation sites (N-methyl/N-ethyl adjacent to an activating group) is 1. The fraction of sp³-hybridized carbons (Fsp3) is 0.455. The number of nitrogens with zero attached hydrogens (tertiary/aromatic N) is 3. The minimum Gasteiger partial charge on any atom is -0.460 e. The molecule has 0 unspecified atom stereocenters. The number of amides is 2. The minimum atomic E-state index is -0.891. The molecule has 1 saturated heterocycles. The van der Waals surface area contributed by atoms with Crippen molar-refractivity contribution in [1.29, 1.82) is 0 Å². The predicted molar refractivity (Wildman–Crippen MR) is 164 cm³/mol. The van der Waals surface area contributed by atoms with Gasteiger partial charge in [-0.15, -0.1) is 11.3 Å². The summed E-state index contributed by atoms with van der Waals surface area (Å²) in [5.74, 6) is -0.464. The summed E-state index contributed by atoms with van der Waals surface area (Å²) in [5.41, 5.74) is 3.09. The highest BCUT2D eigenvalue weighted by molar-refractivity contribution is 7.09. The summed E-state index contributed by atoms with van der Waals surface area (Å²) in [6.45, 7) is 9.22. The first kappa shape index (κ1) is 29.9. The van der Waals surface area contributed by atoms with E-state index in [0.717, 1.165) is 58.1 Å². The van der Waals surface area contributed by atoms with Gasteiger partial charge in [0.05, 0.1) is 64.3 Å². The second-order valence-electron chi connectivity index (χ2n) is 13.2. The van der Waals surface area contributed by atoms with E-state index in [2.05, 4.69) is 19.4 Å². The fourth-order valence-corrected chi connectivity index (χ4v) is 6.50. The Morgan fingerprint density at radius 3 is 2.21 bits per heavy atom. The minimum absolute atomic E-state index is 0.0211. The number of rotatable bonds is 7. The maximum Gasteiger partial charge on any atom is 0.307 e. The highest BCUT2D eigenvalue weighted by atomic mass is 32.1. The van der Waals surface area contributed by atoms with E-state index in [-0.39, 0.29) is 30.7 Å². The Morgan fingerprint density at radius 2 is 1.62 bits per heavy atom. The van der Waals surface area contributed by atoms with Gasteiger partial charge in [0, 0.05) is 16.5 Å². The Balaban J connectivity index is 1.22. The Kier molecular flexibility index (Phi) is 8.27. The molecule has 0 bridgehead atoms. The zero-order valence-corrected chi connectivity index (χ0v) is 26.1. The second kappa shape index (κ2) is 11.6. The van der Waals surface area contributed by atoms with Crippen LogP contribution >= 0.6 is 11.3 Å². The van der Waals surface area contributed by atoms with Crippen LogP contribution in [0.3, 0.4) is 0 Å². The van der Waals surface area contributed by atoms with Crippen molar-refractivity contribution < 1.29 is 23.6 Å². The quantitative estimate of drug-likeness (QED) is 0.325. The van der Waals surface area contributed by atoms with Crippen LogP contribution in [0, 0.1) is 5.41 Å². The first-order valence-electron chi connectivity index (χ1n) is 14.6. The van der Waals surface area contributed by atoms with Crippen molar-refractivity contribution in [3.05, 3.63) is 75.6 Å². The maximum atomic E-state index is 13.7. The lowest BCUT2D eigenvalue weighted by atomic mass is 9.80. The SMILES string of the molecule is CC(C)(C)OC(=O)CC1(C(=O)NCc2nc(-c3ccc(C(=O)N4CC[N+](C)(C)CC4)cc3)cs2)Cc2ccccc2C1. The Hall–Kier alpha value is -3.56. The molecule has 3 aromatic rings. The topological polar surface area (TPSA) is 88.6 Å². The first-order valence-corrected chi connectivity index (χ1v) is 15.4. The summed E-state index contributed by atoms with van der Waals surface area (Å²) >= 11 is 1.48. The van der Waals surface area contributed by atoms with E-state index in [0.29, 0.717) is 18.4 Å². The third kappa shape index (κ3) is 6.90. The molecule has 1 aliphatic carbocycles. The average molecular weight is 590 g/mol. The van der Waals surface area contributed by atoms with Gasteiger partial charge in [0.25, 0.3) is 5.91 Å². The van der Waals surface area contributed by atoms with Gasteiger partial charge in [-0.2, -0.15) is 0 Å². The van der Waals surface area contributed by atoms with Gasteiger partial charge in [0.2, 0.25) is 5.91 Å². The zero-order chi connectivity index (χ0) is 30.1. The zero-order valence-electron chi connectivity index (χ0n) is 25.2. The summed E-state index contributed by atoms with van der Waals surface area (Å²) < 4.78 is 6.54. The summed E-state index contributed by atoms with van der Waals surface area (Å²) in [6, 6.07) is 15.6. The van der Waals surface area contributed by atoms with E-state index in [1.807, 2.05) is 79.6 Å². The standard InChI is InChI=1S/C33H40N4O4S/c1-32(2,3)41-29(38)20-33(18-25-8-6-7-9-26(25)19-33)31(40)34-21-28-35-27(22-42-28)23-10-12-24(13-11-23)30(39)36-14-16-37(4,5)17-15-36/h6-13,22H,14-21H2,1-5H3/p+1. The molecular weight excluding hydrogens is 548 g/mol. The monoisotopic (exact) mass is 589 g/mol. The summed E-state index contributed by atoms with van der Waals surface area (Å²) in [5, 5.41) is 5.80. The molecule has 9 heteroatoms. The van der Waals surface area contributed by atoms with E-state index in [4.69, 9.17) is 9.72 Å². The van der Waals surface area contributed by atoms with Crippen LogP contribution in [0.4, 0.5) is 0 Å². The highest BCUT2D eigenvalue weighted by Crippen LogP contribution is 2.41. The largest absolute Gasteiger partial charge is 0.460 e. The van der Waals surface area contributed by atoms with Crippen molar-refractivity contribution in [2.45, 2.75) is 52.2 Å². The van der Waals surface area contributed by atoms with Crippen LogP contribution in [0.1, 0.15) is 53.7 Å². The normalized spacial score (nSPS) is 17.4. The number of piperazine rings is 1. The van der Waals surface area contributed by atoms with Gasteiger partial charge in [0.15, 0.2) is 0 Å². The fourth-order valence-electron chi connectivity index (χ4n) is 5.76. The van der Waals surface area contributed by atoms with Gasteiger partial charge in [-0.05, 0) is 56.9 Å². The van der Waals surface area contributed by atoms with Crippen molar-refractivity contribution in [2.24, 2.45) is 5.41 Å². The van der Waals surface area contributed by atoms with Crippen LogP contribution in [0.25, 0.3) is 11.3 Å². The van der Waals surface area contributed by atoms with E-state index in [1.165, 1.54) is 11.3 Å². The molecule has 2 aromatic carbocycles. The lowest BCUT2D eigenvalue weighted by Crippen LogP contribution is -2.56. The number of ether oxygens (including phenoxy) is 1. The van der Waals surface area contributed by atoms with Crippen molar-refractivity contribution in [3.63, 3.8) is 0 Å². The molecule has 8 nitrogen and oxygen atoms in total. The molecule has 0 radical (unpaired) electrons. The average Bonchev–Trinajstić information content (AvgIpc) is 3.55. The number of aromatic nitrogens is 1. The van der Waals surface area contributed by atoms with Crippen LogP contribution in [-0.4, -0.2) is 78.0 Å². The maximum absolute atomic E-state index is 13.7. The lowest BCUT2D eigenvalue weighted by Gasteiger charge is -2.39. The summed E-state index contributed by atoms with van der Waals surface area (Å²) in [4.78, 5) is 46.2. The number of fused-ring (bicyclic) bond motifs is 1. The van der Waals surface area contributed by atoms with Gasteiger partial charge >= 0.3 is 5.97 Å². The van der Waals surface area contributed by atoms with Gasteiger partial charge in [-0.25, -0.2) is 4.98 Å². The molecule has 0 atom stereocenters. The van der Waals surface area contributed by atoms with Gasteiger partial charge in [0.1, 0.15) is 10.6 Å². The molecular formula is C33H41N4O4S+. The molecule has 2 aliphatic rings. The van der Waals surface area contributed by atoms with Gasteiger partial charge in [-0.3, -0.25) is 14.4 Å². The summed E-state index contributed by atoms with van der Waals surface area (Å²) in [7, 11) is 4.39. The van der Waals surface area contributed by atoms with Crippen molar-refractivity contribution in [3.8, 4) is 11.3 Å². The van der Waals surface area contributed by atoms with Crippen LogP contribution in [0.2, 0.25) is 0 Å². The highest BCUT2D eigenvalue weighted by Gasteiger charge is 2.46. The Labute approximate surface area is 252 Å². The molecule has 1 fully saturated rings. The van der Waals surface area contributed by atoms with Crippen LogP contribution in [0.5, 0.6) is 0 Å². The number of carbonyl (C=O) groups is 3. The first-order chi connectivity index (χ1) is 19.8. The number of carbonyl (C=O) groups excluding carboxylic acids is 3. The molecule has 2 amide bonds. The van der Waals surface area contributed by atoms with Crippen molar-refractivity contribution in [1.82, 2.24) is 15.2 Å². The molecule has 1 N–H and O–H groups in total. The van der Waals surface area contributed by atoms with Gasteiger partial charge in [-0.1, -0.05) is 36.4 Å². The number of hydrogen-bond donors (Lipinski definition) is 1. The smallest absolute Gasteiger partial charge is 0.307 e. The molecule has 42 heavy (non-hydrogen) atoms. The molecule has 5 rings (SSSR count). The molecule has 1 aromatic heterocycles. The number of nitrogens with one attached hydrogen (secondary N) is 1. The van der Waals surface area contributed by atoms with Crippen LogP contribution in [0.15, 0.2) is 53.9 Å². The van der Waals surface area contributed by atoms with Gasteiger partial charge < -0.3 is 19.4 Å². The number of benzene rings is 2. The van der Waals surface area contributed by atoms with E-state index in [1.54, 1.807) is 0 Å².